The first-order valence-corrected chi connectivity index (χ1v) is 9.21. The van der Waals surface area contributed by atoms with Crippen molar-refractivity contribution in [1.29, 1.82) is 0 Å². The zero-order valence-electron chi connectivity index (χ0n) is 16.7. The Labute approximate surface area is 174 Å². The lowest BCUT2D eigenvalue weighted by atomic mass is 10.1. The van der Waals surface area contributed by atoms with Gasteiger partial charge in [-0.1, -0.05) is 48.5 Å². The fourth-order valence-electron chi connectivity index (χ4n) is 2.81. The molecule has 0 fully saturated rings. The summed E-state index contributed by atoms with van der Waals surface area (Å²) >= 11 is 0. The molecule has 0 aliphatic carbocycles. The molecule has 0 atom stereocenters. The number of hydrogen-bond donors (Lipinski definition) is 2. The zero-order valence-corrected chi connectivity index (χ0v) is 16.7. The Kier molecular flexibility index (Phi) is 6.89. The Balaban J connectivity index is 1.60. The van der Waals surface area contributed by atoms with E-state index in [0.29, 0.717) is 17.2 Å². The third kappa shape index (κ3) is 5.08. The summed E-state index contributed by atoms with van der Waals surface area (Å²) in [4.78, 5) is 24.6. The third-order valence-electron chi connectivity index (χ3n) is 4.30. The van der Waals surface area contributed by atoms with Gasteiger partial charge in [-0.2, -0.15) is 0 Å². The van der Waals surface area contributed by atoms with E-state index in [4.69, 9.17) is 14.2 Å². The summed E-state index contributed by atoms with van der Waals surface area (Å²) in [5.74, 6) is 0.375. The molecular weight excluding hydrogens is 384 g/mol. The van der Waals surface area contributed by atoms with Crippen molar-refractivity contribution in [1.82, 2.24) is 10.9 Å². The van der Waals surface area contributed by atoms with Crippen LogP contribution >= 0.6 is 0 Å². The van der Waals surface area contributed by atoms with Gasteiger partial charge in [-0.05, 0) is 29.8 Å². The molecule has 0 bridgehead atoms. The minimum absolute atomic E-state index is 0.229. The molecule has 0 aliphatic rings. The van der Waals surface area contributed by atoms with Crippen molar-refractivity contribution >= 4 is 11.8 Å². The first-order valence-electron chi connectivity index (χ1n) is 9.21. The van der Waals surface area contributed by atoms with Crippen molar-refractivity contribution < 1.29 is 23.8 Å². The van der Waals surface area contributed by atoms with E-state index in [9.17, 15) is 9.59 Å². The summed E-state index contributed by atoms with van der Waals surface area (Å²) in [7, 11) is 2.95. The van der Waals surface area contributed by atoms with Gasteiger partial charge >= 0.3 is 0 Å². The lowest BCUT2D eigenvalue weighted by Crippen LogP contribution is -2.43. The number of rotatable bonds is 7. The van der Waals surface area contributed by atoms with Crippen LogP contribution in [-0.2, 0) is 4.79 Å². The average molecular weight is 406 g/mol. The molecule has 3 aromatic carbocycles. The van der Waals surface area contributed by atoms with Gasteiger partial charge in [-0.15, -0.1) is 0 Å². The molecule has 0 unspecified atom stereocenters. The van der Waals surface area contributed by atoms with Gasteiger partial charge in [0.2, 0.25) is 0 Å². The standard InChI is InChI=1S/C23H22N2O5/c1-28-17-12-13-20(29-2)19(14-17)23(27)25-24-22(26)15-30-21-11-7-6-10-18(21)16-8-4-3-5-9-16/h3-14H,15H2,1-2H3,(H,24,26)(H,25,27). The first-order chi connectivity index (χ1) is 14.6. The van der Waals surface area contributed by atoms with Gasteiger partial charge in [-0.3, -0.25) is 20.4 Å². The van der Waals surface area contributed by atoms with E-state index in [-0.39, 0.29) is 12.2 Å². The summed E-state index contributed by atoms with van der Waals surface area (Å²) in [5, 5.41) is 0. The number of carbonyl (C=O) groups is 2. The molecule has 2 amide bonds. The Morgan fingerprint density at radius 2 is 1.53 bits per heavy atom. The van der Waals surface area contributed by atoms with Crippen LogP contribution in [0.15, 0.2) is 72.8 Å². The number of carbonyl (C=O) groups excluding carboxylic acids is 2. The van der Waals surface area contributed by atoms with E-state index in [2.05, 4.69) is 10.9 Å². The van der Waals surface area contributed by atoms with Gasteiger partial charge in [0.15, 0.2) is 6.61 Å². The van der Waals surface area contributed by atoms with E-state index in [0.717, 1.165) is 11.1 Å². The summed E-state index contributed by atoms with van der Waals surface area (Å²) in [5.41, 5.74) is 6.77. The molecule has 0 heterocycles. The fourth-order valence-corrected chi connectivity index (χ4v) is 2.81. The van der Waals surface area contributed by atoms with Gasteiger partial charge in [0.05, 0.1) is 19.8 Å². The van der Waals surface area contributed by atoms with E-state index in [1.165, 1.54) is 20.3 Å². The van der Waals surface area contributed by atoms with Crippen LogP contribution < -0.4 is 25.1 Å². The number of ether oxygens (including phenoxy) is 3. The van der Waals surface area contributed by atoms with Crippen LogP contribution in [0, 0.1) is 0 Å². The minimum Gasteiger partial charge on any atom is -0.497 e. The van der Waals surface area contributed by atoms with Crippen molar-refractivity contribution in [2.45, 2.75) is 0 Å². The van der Waals surface area contributed by atoms with Gasteiger partial charge in [-0.25, -0.2) is 0 Å². The summed E-state index contributed by atoms with van der Waals surface area (Å²) in [6.07, 6.45) is 0. The van der Waals surface area contributed by atoms with Crippen LogP contribution in [0.5, 0.6) is 17.2 Å². The largest absolute Gasteiger partial charge is 0.497 e. The molecule has 0 spiro atoms. The molecule has 2 N–H and O–H groups in total. The molecule has 0 aromatic heterocycles. The molecule has 0 radical (unpaired) electrons. The molecular formula is C23H22N2O5. The maximum Gasteiger partial charge on any atom is 0.276 e. The highest BCUT2D eigenvalue weighted by Crippen LogP contribution is 2.29. The van der Waals surface area contributed by atoms with Crippen molar-refractivity contribution in [3.05, 3.63) is 78.4 Å². The highest BCUT2D eigenvalue weighted by molar-refractivity contribution is 5.98. The van der Waals surface area contributed by atoms with Crippen LogP contribution in [-0.4, -0.2) is 32.6 Å². The maximum atomic E-state index is 12.4. The highest BCUT2D eigenvalue weighted by Gasteiger charge is 2.15. The van der Waals surface area contributed by atoms with Gasteiger partial charge < -0.3 is 14.2 Å². The molecule has 7 nitrogen and oxygen atoms in total. The second-order valence-corrected chi connectivity index (χ2v) is 6.22. The molecule has 7 heteroatoms. The summed E-state index contributed by atoms with van der Waals surface area (Å²) in [6.45, 7) is -0.265. The summed E-state index contributed by atoms with van der Waals surface area (Å²) < 4.78 is 16.0. The number of methoxy groups -OCH3 is 2. The van der Waals surface area contributed by atoms with Gasteiger partial charge in [0.1, 0.15) is 17.2 Å². The number of para-hydroxylation sites is 1. The lowest BCUT2D eigenvalue weighted by Gasteiger charge is -2.13. The summed E-state index contributed by atoms with van der Waals surface area (Å²) in [6, 6.07) is 22.0. The molecule has 0 saturated carbocycles. The van der Waals surface area contributed by atoms with Crippen molar-refractivity contribution in [3.8, 4) is 28.4 Å². The number of amides is 2. The molecule has 0 aliphatic heterocycles. The highest BCUT2D eigenvalue weighted by atomic mass is 16.5. The van der Waals surface area contributed by atoms with Crippen molar-refractivity contribution in [2.75, 3.05) is 20.8 Å². The second-order valence-electron chi connectivity index (χ2n) is 6.22. The lowest BCUT2D eigenvalue weighted by molar-refractivity contribution is -0.123. The van der Waals surface area contributed by atoms with Gasteiger partial charge in [0.25, 0.3) is 11.8 Å². The first kappa shape index (κ1) is 20.7. The van der Waals surface area contributed by atoms with Crippen LogP contribution in [0.4, 0.5) is 0 Å². The monoisotopic (exact) mass is 406 g/mol. The Morgan fingerprint density at radius 3 is 2.27 bits per heavy atom. The number of hydrazine groups is 1. The van der Waals surface area contributed by atoms with E-state index >= 15 is 0 Å². The van der Waals surface area contributed by atoms with E-state index in [1.54, 1.807) is 18.2 Å². The zero-order chi connectivity index (χ0) is 21.3. The van der Waals surface area contributed by atoms with Crippen molar-refractivity contribution in [3.63, 3.8) is 0 Å². The fraction of sp³-hybridized carbons (Fsp3) is 0.130. The van der Waals surface area contributed by atoms with Crippen LogP contribution in [0.1, 0.15) is 10.4 Å². The van der Waals surface area contributed by atoms with Crippen molar-refractivity contribution in [2.24, 2.45) is 0 Å². The Hall–Kier alpha value is -4.00. The predicted octanol–water partition coefficient (Wildman–Crippen LogP) is 3.21. The smallest absolute Gasteiger partial charge is 0.276 e. The quantitative estimate of drug-likeness (QED) is 0.589. The predicted molar refractivity (Wildman–Crippen MR) is 113 cm³/mol. The number of benzene rings is 3. The van der Waals surface area contributed by atoms with Gasteiger partial charge in [0, 0.05) is 5.56 Å². The van der Waals surface area contributed by atoms with E-state index < -0.39 is 11.8 Å². The molecule has 3 rings (SSSR count). The van der Waals surface area contributed by atoms with E-state index in [1.807, 2.05) is 48.5 Å². The topological polar surface area (TPSA) is 85.9 Å². The molecule has 30 heavy (non-hydrogen) atoms. The molecule has 3 aromatic rings. The maximum absolute atomic E-state index is 12.4. The number of hydrogen-bond acceptors (Lipinski definition) is 5. The Bertz CT molecular complexity index is 1020. The Morgan fingerprint density at radius 1 is 0.800 bits per heavy atom. The minimum atomic E-state index is -0.538. The van der Waals surface area contributed by atoms with Crippen LogP contribution in [0.25, 0.3) is 11.1 Å². The third-order valence-corrected chi connectivity index (χ3v) is 4.30. The SMILES string of the molecule is COc1ccc(OC)c(C(=O)NNC(=O)COc2ccccc2-c2ccccc2)c1. The molecule has 0 saturated heterocycles. The second kappa shape index (κ2) is 9.97. The average Bonchev–Trinajstić information content (AvgIpc) is 2.81. The number of nitrogens with one attached hydrogen (secondary N) is 2. The normalized spacial score (nSPS) is 10.1. The van der Waals surface area contributed by atoms with Crippen LogP contribution in [0.3, 0.4) is 0 Å². The van der Waals surface area contributed by atoms with Crippen LogP contribution in [0.2, 0.25) is 0 Å². The molecule has 154 valence electrons.